The van der Waals surface area contributed by atoms with Crippen LogP contribution < -0.4 is 0 Å². The zero-order valence-electron chi connectivity index (χ0n) is 9.57. The molecule has 0 aliphatic carbocycles. The molecule has 0 bridgehead atoms. The van der Waals surface area contributed by atoms with E-state index in [1.807, 2.05) is 0 Å². The van der Waals surface area contributed by atoms with Gasteiger partial charge in [-0.05, 0) is 18.2 Å². The quantitative estimate of drug-likeness (QED) is 0.728. The number of halogens is 3. The lowest BCUT2D eigenvalue weighted by Gasteiger charge is -2.07. The Morgan fingerprint density at radius 1 is 1.00 bits per heavy atom. The molecule has 0 spiro atoms. The molecule has 19 heavy (non-hydrogen) atoms. The molecule has 2 aromatic heterocycles. The van der Waals surface area contributed by atoms with Crippen molar-refractivity contribution in [2.75, 3.05) is 0 Å². The normalized spacial score (nSPS) is 11.9. The van der Waals surface area contributed by atoms with E-state index >= 15 is 0 Å². The maximum atomic E-state index is 12.5. The van der Waals surface area contributed by atoms with Gasteiger partial charge in [-0.25, -0.2) is 9.97 Å². The van der Waals surface area contributed by atoms with E-state index in [0.29, 0.717) is 22.4 Å². The van der Waals surface area contributed by atoms with E-state index in [9.17, 15) is 13.2 Å². The summed E-state index contributed by atoms with van der Waals surface area (Å²) in [5.41, 5.74) is 1.80. The molecule has 0 fully saturated rings. The smallest absolute Gasteiger partial charge is 0.345 e. The Morgan fingerprint density at radius 3 is 2.42 bits per heavy atom. The molecule has 1 aromatic carbocycles. The zero-order chi connectivity index (χ0) is 13.5. The lowest BCUT2D eigenvalue weighted by molar-refractivity contribution is -0.137. The second-order valence-corrected chi connectivity index (χ2v) is 4.04. The summed E-state index contributed by atoms with van der Waals surface area (Å²) in [5, 5.41) is 0. The minimum atomic E-state index is -4.32. The first-order valence-corrected chi connectivity index (χ1v) is 5.52. The van der Waals surface area contributed by atoms with E-state index < -0.39 is 11.7 Å². The summed E-state index contributed by atoms with van der Waals surface area (Å²) < 4.78 is 37.4. The predicted octanol–water partition coefficient (Wildman–Crippen LogP) is 3.64. The molecule has 0 radical (unpaired) electrons. The monoisotopic (exact) mass is 263 g/mol. The summed E-state index contributed by atoms with van der Waals surface area (Å²) in [5.74, 6) is 0. The number of hydrogen-bond donors (Lipinski definition) is 1. The number of nitrogens with zero attached hydrogens (tertiary/aromatic N) is 2. The fourth-order valence-electron chi connectivity index (χ4n) is 1.80. The number of nitrogens with one attached hydrogen (secondary N) is 1. The highest BCUT2D eigenvalue weighted by atomic mass is 19.4. The van der Waals surface area contributed by atoms with Gasteiger partial charge in [-0.1, -0.05) is 12.1 Å². The number of fused-ring (bicyclic) bond motifs is 1. The highest BCUT2D eigenvalue weighted by Crippen LogP contribution is 2.30. The average Bonchev–Trinajstić information content (AvgIpc) is 2.85. The van der Waals surface area contributed by atoms with Crippen molar-refractivity contribution in [2.45, 2.75) is 6.18 Å². The maximum Gasteiger partial charge on any atom is 0.416 e. The Hall–Kier alpha value is -2.37. The van der Waals surface area contributed by atoms with E-state index in [-0.39, 0.29) is 0 Å². The molecular weight excluding hydrogens is 255 g/mol. The fraction of sp³-hybridized carbons (Fsp3) is 0.0769. The molecule has 3 nitrogen and oxygen atoms in total. The van der Waals surface area contributed by atoms with Gasteiger partial charge in [0.25, 0.3) is 0 Å². The first-order chi connectivity index (χ1) is 9.04. The van der Waals surface area contributed by atoms with Gasteiger partial charge >= 0.3 is 6.18 Å². The SMILES string of the molecule is FC(F)(F)c1ccc(-c2cnc3[nH]ccc3n2)cc1. The van der Waals surface area contributed by atoms with Crippen LogP contribution in [0.25, 0.3) is 22.4 Å². The first-order valence-electron chi connectivity index (χ1n) is 5.52. The minimum absolute atomic E-state index is 0.542. The molecule has 0 amide bonds. The Balaban J connectivity index is 2.01. The van der Waals surface area contributed by atoms with Crippen LogP contribution in [-0.4, -0.2) is 15.0 Å². The first kappa shape index (κ1) is 11.7. The van der Waals surface area contributed by atoms with Crippen molar-refractivity contribution in [3.63, 3.8) is 0 Å². The maximum absolute atomic E-state index is 12.5. The van der Waals surface area contributed by atoms with Gasteiger partial charge in [-0.3, -0.25) is 0 Å². The van der Waals surface area contributed by atoms with Crippen LogP contribution in [0.2, 0.25) is 0 Å². The molecule has 3 aromatic rings. The van der Waals surface area contributed by atoms with Crippen molar-refractivity contribution in [1.82, 2.24) is 15.0 Å². The van der Waals surface area contributed by atoms with Gasteiger partial charge in [0.1, 0.15) is 5.52 Å². The number of hydrogen-bond acceptors (Lipinski definition) is 2. The van der Waals surface area contributed by atoms with Crippen molar-refractivity contribution < 1.29 is 13.2 Å². The summed E-state index contributed by atoms with van der Waals surface area (Å²) in [7, 11) is 0. The van der Waals surface area contributed by atoms with Crippen LogP contribution in [0.3, 0.4) is 0 Å². The Labute approximate surface area is 106 Å². The summed E-state index contributed by atoms with van der Waals surface area (Å²) in [6, 6.07) is 6.63. The van der Waals surface area contributed by atoms with Crippen molar-refractivity contribution in [3.8, 4) is 11.3 Å². The summed E-state index contributed by atoms with van der Waals surface area (Å²) >= 11 is 0. The highest BCUT2D eigenvalue weighted by Gasteiger charge is 2.29. The number of H-pyrrole nitrogens is 1. The van der Waals surface area contributed by atoms with Gasteiger partial charge in [-0.2, -0.15) is 13.2 Å². The standard InChI is InChI=1S/C13H8F3N3/c14-13(15,16)9-3-1-8(2-4-9)11-7-18-12-10(19-11)5-6-17-12/h1-7H,(H,17,18). The summed E-state index contributed by atoms with van der Waals surface area (Å²) in [4.78, 5) is 11.4. The third-order valence-corrected chi connectivity index (χ3v) is 2.77. The minimum Gasteiger partial charge on any atom is -0.345 e. The fourth-order valence-corrected chi connectivity index (χ4v) is 1.80. The Kier molecular flexibility index (Phi) is 2.51. The highest BCUT2D eigenvalue weighted by molar-refractivity contribution is 5.74. The molecule has 0 saturated carbocycles. The molecule has 6 heteroatoms. The van der Waals surface area contributed by atoms with E-state index in [4.69, 9.17) is 0 Å². The number of rotatable bonds is 1. The van der Waals surface area contributed by atoms with Gasteiger partial charge in [-0.15, -0.1) is 0 Å². The van der Waals surface area contributed by atoms with E-state index in [0.717, 1.165) is 12.1 Å². The van der Waals surface area contributed by atoms with E-state index in [2.05, 4.69) is 15.0 Å². The van der Waals surface area contributed by atoms with Crippen LogP contribution in [0, 0.1) is 0 Å². The van der Waals surface area contributed by atoms with Crippen LogP contribution in [0.4, 0.5) is 13.2 Å². The molecule has 1 N–H and O–H groups in total. The molecule has 0 atom stereocenters. The van der Waals surface area contributed by atoms with Gasteiger partial charge in [0, 0.05) is 11.8 Å². The van der Waals surface area contributed by atoms with Crippen molar-refractivity contribution in [2.24, 2.45) is 0 Å². The molecule has 0 saturated heterocycles. The third-order valence-electron chi connectivity index (χ3n) is 2.77. The summed E-state index contributed by atoms with van der Waals surface area (Å²) in [6.45, 7) is 0. The lowest BCUT2D eigenvalue weighted by Crippen LogP contribution is -2.04. The lowest BCUT2D eigenvalue weighted by atomic mass is 10.1. The number of aromatic nitrogens is 3. The predicted molar refractivity (Wildman–Crippen MR) is 64.3 cm³/mol. The van der Waals surface area contributed by atoms with Gasteiger partial charge in [0.15, 0.2) is 5.65 Å². The number of benzene rings is 1. The molecular formula is C13H8F3N3. The second-order valence-electron chi connectivity index (χ2n) is 4.04. The van der Waals surface area contributed by atoms with Crippen molar-refractivity contribution in [1.29, 1.82) is 0 Å². The topological polar surface area (TPSA) is 41.6 Å². The van der Waals surface area contributed by atoms with Crippen molar-refractivity contribution in [3.05, 3.63) is 48.3 Å². The van der Waals surface area contributed by atoms with Crippen LogP contribution in [0.15, 0.2) is 42.7 Å². The third kappa shape index (κ3) is 2.16. The molecule has 0 aliphatic rings. The molecule has 3 rings (SSSR count). The van der Waals surface area contributed by atoms with Gasteiger partial charge in [0.2, 0.25) is 0 Å². The zero-order valence-corrected chi connectivity index (χ0v) is 9.57. The molecule has 0 aliphatic heterocycles. The van der Waals surface area contributed by atoms with Gasteiger partial charge in [0.05, 0.1) is 17.5 Å². The van der Waals surface area contributed by atoms with E-state index in [1.165, 1.54) is 18.3 Å². The van der Waals surface area contributed by atoms with Crippen LogP contribution in [0.1, 0.15) is 5.56 Å². The Morgan fingerprint density at radius 2 is 1.74 bits per heavy atom. The molecule has 0 unspecified atom stereocenters. The number of alkyl halides is 3. The Bertz CT molecular complexity index is 714. The summed E-state index contributed by atoms with van der Waals surface area (Å²) in [6.07, 6.45) is -1.09. The number of aromatic amines is 1. The average molecular weight is 263 g/mol. The van der Waals surface area contributed by atoms with Crippen molar-refractivity contribution >= 4 is 11.2 Å². The van der Waals surface area contributed by atoms with Crippen LogP contribution in [0.5, 0.6) is 0 Å². The van der Waals surface area contributed by atoms with Crippen LogP contribution in [-0.2, 0) is 6.18 Å². The van der Waals surface area contributed by atoms with E-state index in [1.54, 1.807) is 12.3 Å². The van der Waals surface area contributed by atoms with Gasteiger partial charge < -0.3 is 4.98 Å². The molecule has 2 heterocycles. The molecule has 96 valence electrons. The van der Waals surface area contributed by atoms with Crippen LogP contribution >= 0.6 is 0 Å². The second kappa shape index (κ2) is 4.08. The largest absolute Gasteiger partial charge is 0.416 e.